The van der Waals surface area contributed by atoms with E-state index in [0.717, 1.165) is 0 Å². The van der Waals surface area contributed by atoms with Crippen molar-refractivity contribution in [2.45, 2.75) is 13.8 Å². The maximum atomic E-state index is 12.5. The highest BCUT2D eigenvalue weighted by molar-refractivity contribution is 6.10. The fraction of sp³-hybridized carbons (Fsp3) is 0.133. The predicted molar refractivity (Wildman–Crippen MR) is 74.5 cm³/mol. The normalized spacial score (nSPS) is 11.1. The van der Waals surface area contributed by atoms with Gasteiger partial charge in [-0.3, -0.25) is 14.0 Å². The Morgan fingerprint density at radius 1 is 1.25 bits per heavy atom. The number of nitrogens with zero attached hydrogens (tertiary/aromatic N) is 1. The maximum Gasteiger partial charge on any atom is 0.336 e. The zero-order valence-corrected chi connectivity index (χ0v) is 11.0. The Bertz CT molecular complexity index is 979. The molecule has 3 rings (SSSR count). The van der Waals surface area contributed by atoms with Gasteiger partial charge in [-0.15, -0.1) is 0 Å². The highest BCUT2D eigenvalue weighted by Crippen LogP contribution is 2.22. The largest absolute Gasteiger partial charge is 0.422 e. The molecule has 0 radical (unpaired) electrons. The van der Waals surface area contributed by atoms with Crippen molar-refractivity contribution >= 4 is 22.3 Å². The van der Waals surface area contributed by atoms with E-state index >= 15 is 0 Å². The number of hydrogen-bond donors (Lipinski definition) is 0. The monoisotopic (exact) mass is 269 g/mol. The van der Waals surface area contributed by atoms with Crippen LogP contribution in [0.4, 0.5) is 0 Å². The Morgan fingerprint density at radius 2 is 2.00 bits per heavy atom. The van der Waals surface area contributed by atoms with Crippen molar-refractivity contribution in [2.75, 3.05) is 0 Å². The third-order valence-corrected chi connectivity index (χ3v) is 3.29. The number of ketones is 1. The molecule has 3 aromatic rings. The van der Waals surface area contributed by atoms with Crippen LogP contribution < -0.4 is 11.2 Å². The van der Waals surface area contributed by atoms with Crippen LogP contribution in [-0.4, -0.2) is 10.2 Å². The molecular formula is C15H11NO4. The average Bonchev–Trinajstić information content (AvgIpc) is 2.37. The number of aromatic nitrogens is 1. The molecule has 0 amide bonds. The van der Waals surface area contributed by atoms with E-state index in [9.17, 15) is 14.4 Å². The standard InChI is InChI=1S/C15H11NO4/c1-8-7-11(18)20-14-12(8)15(19)16-6-4-3-5-10(16)13(14)9(2)17/h3-7H,1-2H3. The van der Waals surface area contributed by atoms with Gasteiger partial charge >= 0.3 is 5.63 Å². The van der Waals surface area contributed by atoms with Crippen molar-refractivity contribution < 1.29 is 9.21 Å². The molecule has 0 fully saturated rings. The first-order valence-corrected chi connectivity index (χ1v) is 6.09. The summed E-state index contributed by atoms with van der Waals surface area (Å²) in [7, 11) is 0. The lowest BCUT2D eigenvalue weighted by atomic mass is 10.1. The number of carbonyl (C=O) groups is 1. The van der Waals surface area contributed by atoms with Gasteiger partial charge in [0.05, 0.1) is 16.5 Å². The Hall–Kier alpha value is -2.69. The minimum Gasteiger partial charge on any atom is -0.422 e. The van der Waals surface area contributed by atoms with Gasteiger partial charge in [-0.2, -0.15) is 0 Å². The summed E-state index contributed by atoms with van der Waals surface area (Å²) < 4.78 is 6.53. The Morgan fingerprint density at radius 3 is 2.70 bits per heavy atom. The Balaban J connectivity index is 2.79. The zero-order chi connectivity index (χ0) is 14.4. The molecule has 0 saturated heterocycles. The van der Waals surface area contributed by atoms with Crippen LogP contribution in [0.15, 0.2) is 44.5 Å². The number of aryl methyl sites for hydroxylation is 1. The third-order valence-electron chi connectivity index (χ3n) is 3.29. The van der Waals surface area contributed by atoms with E-state index in [2.05, 4.69) is 0 Å². The molecule has 0 N–H and O–H groups in total. The highest BCUT2D eigenvalue weighted by Gasteiger charge is 2.18. The Labute approximate surface area is 113 Å². The van der Waals surface area contributed by atoms with Gasteiger partial charge in [0.2, 0.25) is 0 Å². The van der Waals surface area contributed by atoms with Crippen molar-refractivity contribution in [2.24, 2.45) is 0 Å². The van der Waals surface area contributed by atoms with Crippen molar-refractivity contribution in [3.63, 3.8) is 0 Å². The number of pyridine rings is 2. The molecule has 0 aliphatic heterocycles. The molecule has 0 aromatic carbocycles. The molecule has 20 heavy (non-hydrogen) atoms. The average molecular weight is 269 g/mol. The van der Waals surface area contributed by atoms with Crippen LogP contribution in [0.25, 0.3) is 16.5 Å². The van der Waals surface area contributed by atoms with Gasteiger partial charge in [-0.25, -0.2) is 4.79 Å². The van der Waals surface area contributed by atoms with E-state index in [-0.39, 0.29) is 27.9 Å². The molecule has 0 bridgehead atoms. The van der Waals surface area contributed by atoms with E-state index in [0.29, 0.717) is 11.1 Å². The second-order valence-corrected chi connectivity index (χ2v) is 4.64. The molecule has 3 aromatic heterocycles. The molecule has 100 valence electrons. The second kappa shape index (κ2) is 4.16. The van der Waals surface area contributed by atoms with E-state index in [4.69, 9.17) is 4.42 Å². The van der Waals surface area contributed by atoms with Crippen LogP contribution in [0.2, 0.25) is 0 Å². The summed E-state index contributed by atoms with van der Waals surface area (Å²) in [4.78, 5) is 36.0. The smallest absolute Gasteiger partial charge is 0.336 e. The van der Waals surface area contributed by atoms with Gasteiger partial charge in [-0.1, -0.05) is 6.07 Å². The molecule has 0 unspecified atom stereocenters. The fourth-order valence-corrected chi connectivity index (χ4v) is 2.45. The van der Waals surface area contributed by atoms with E-state index in [1.54, 1.807) is 31.3 Å². The highest BCUT2D eigenvalue weighted by atomic mass is 16.4. The topological polar surface area (TPSA) is 68.8 Å². The zero-order valence-electron chi connectivity index (χ0n) is 11.0. The van der Waals surface area contributed by atoms with Crippen molar-refractivity contribution in [1.29, 1.82) is 0 Å². The first-order valence-electron chi connectivity index (χ1n) is 6.09. The van der Waals surface area contributed by atoms with Gasteiger partial charge in [0.25, 0.3) is 5.56 Å². The maximum absolute atomic E-state index is 12.5. The Kier molecular flexibility index (Phi) is 2.57. The summed E-state index contributed by atoms with van der Waals surface area (Å²) in [6.07, 6.45) is 1.59. The molecule has 0 saturated carbocycles. The second-order valence-electron chi connectivity index (χ2n) is 4.64. The van der Waals surface area contributed by atoms with Crippen LogP contribution in [0, 0.1) is 6.92 Å². The summed E-state index contributed by atoms with van der Waals surface area (Å²) in [5.74, 6) is -0.257. The minimum atomic E-state index is -0.572. The SMILES string of the molecule is CC(=O)c1c2oc(=O)cc(C)c2c(=O)n2ccccc12. The van der Waals surface area contributed by atoms with E-state index in [1.165, 1.54) is 17.4 Å². The summed E-state index contributed by atoms with van der Waals surface area (Å²) in [6, 6.07) is 6.34. The number of Topliss-reactive ketones (excluding diaryl/α,β-unsaturated/α-hetero) is 1. The summed E-state index contributed by atoms with van der Waals surface area (Å²) in [5.41, 5.74) is 0.381. The van der Waals surface area contributed by atoms with Crippen LogP contribution in [0.5, 0.6) is 0 Å². The van der Waals surface area contributed by atoms with Gasteiger partial charge in [0.1, 0.15) is 0 Å². The molecular weight excluding hydrogens is 258 g/mol. The van der Waals surface area contributed by atoms with Gasteiger partial charge < -0.3 is 4.42 Å². The molecule has 0 spiro atoms. The molecule has 3 heterocycles. The van der Waals surface area contributed by atoms with Crippen LogP contribution in [0.3, 0.4) is 0 Å². The van der Waals surface area contributed by atoms with Gasteiger partial charge in [0, 0.05) is 12.3 Å². The molecule has 5 nitrogen and oxygen atoms in total. The first kappa shape index (κ1) is 12.3. The molecule has 5 heteroatoms. The summed E-state index contributed by atoms with van der Waals surface area (Å²) in [6.45, 7) is 3.04. The summed E-state index contributed by atoms with van der Waals surface area (Å²) >= 11 is 0. The number of hydrogen-bond acceptors (Lipinski definition) is 4. The first-order chi connectivity index (χ1) is 9.50. The van der Waals surface area contributed by atoms with Crippen molar-refractivity contribution in [3.8, 4) is 0 Å². The van der Waals surface area contributed by atoms with Crippen LogP contribution in [0.1, 0.15) is 22.8 Å². The van der Waals surface area contributed by atoms with Crippen molar-refractivity contribution in [1.82, 2.24) is 4.40 Å². The molecule has 0 aliphatic rings. The van der Waals surface area contributed by atoms with Gasteiger partial charge in [-0.05, 0) is 31.5 Å². The number of carbonyl (C=O) groups excluding carboxylic acids is 1. The quantitative estimate of drug-likeness (QED) is 0.500. The number of fused-ring (bicyclic) bond motifs is 2. The minimum absolute atomic E-state index is 0.0682. The van der Waals surface area contributed by atoms with Crippen LogP contribution >= 0.6 is 0 Å². The fourth-order valence-electron chi connectivity index (χ4n) is 2.45. The lowest BCUT2D eigenvalue weighted by Crippen LogP contribution is -2.19. The lowest BCUT2D eigenvalue weighted by Gasteiger charge is -2.09. The molecule has 0 atom stereocenters. The predicted octanol–water partition coefficient (Wildman–Crippen LogP) is 1.92. The molecule has 0 aliphatic carbocycles. The van der Waals surface area contributed by atoms with E-state index < -0.39 is 5.63 Å². The van der Waals surface area contributed by atoms with Gasteiger partial charge in [0.15, 0.2) is 11.4 Å². The van der Waals surface area contributed by atoms with E-state index in [1.807, 2.05) is 0 Å². The van der Waals surface area contributed by atoms with Crippen molar-refractivity contribution in [3.05, 3.63) is 62.4 Å². The van der Waals surface area contributed by atoms with Crippen LogP contribution in [-0.2, 0) is 0 Å². The summed E-state index contributed by atoms with van der Waals surface area (Å²) in [5, 5.41) is 0.263. The number of rotatable bonds is 1. The third kappa shape index (κ3) is 1.60. The lowest BCUT2D eigenvalue weighted by molar-refractivity contribution is 0.101.